The highest BCUT2D eigenvalue weighted by molar-refractivity contribution is 6.21. The molecule has 14 nitrogen and oxygen atoms in total. The van der Waals surface area contributed by atoms with E-state index >= 15 is 0 Å². The lowest BCUT2D eigenvalue weighted by molar-refractivity contribution is -0.146. The summed E-state index contributed by atoms with van der Waals surface area (Å²) in [5, 5.41) is 0. The molecule has 0 spiro atoms. The Kier molecular flexibility index (Phi) is 11.1. The lowest BCUT2D eigenvalue weighted by Crippen LogP contribution is -2.56. The van der Waals surface area contributed by atoms with Crippen LogP contribution in [0.4, 0.5) is 21.0 Å². The van der Waals surface area contributed by atoms with Crippen LogP contribution in [0.15, 0.2) is 119 Å². The predicted molar refractivity (Wildman–Crippen MR) is 211 cm³/mol. The van der Waals surface area contributed by atoms with Crippen LogP contribution in [-0.4, -0.2) is 84.5 Å². The summed E-state index contributed by atoms with van der Waals surface area (Å²) in [7, 11) is 2.52. The van der Waals surface area contributed by atoms with Crippen molar-refractivity contribution in [1.82, 2.24) is 9.80 Å². The fourth-order valence-corrected chi connectivity index (χ4v) is 8.55. The second-order valence-electron chi connectivity index (χ2n) is 13.9. The van der Waals surface area contributed by atoms with E-state index in [1.54, 1.807) is 6.92 Å². The first-order valence-electron chi connectivity index (χ1n) is 18.8. The molecule has 0 aromatic heterocycles. The summed E-state index contributed by atoms with van der Waals surface area (Å²) in [6.45, 7) is 3.55. The average Bonchev–Trinajstić information content (AvgIpc) is 3.96. The van der Waals surface area contributed by atoms with Gasteiger partial charge in [-0.15, -0.1) is 0 Å². The number of carbonyl (C=O) groups excluding carboxylic acids is 5. The van der Waals surface area contributed by atoms with E-state index in [1.807, 2.05) is 109 Å². The Hall–Kier alpha value is -6.83. The third kappa shape index (κ3) is 6.63. The number of likely N-dealkylation sites (tertiary alicyclic amines) is 2. The molecule has 0 aliphatic carbocycles. The number of carbonyl (C=O) groups is 5. The van der Waals surface area contributed by atoms with E-state index in [1.165, 1.54) is 30.9 Å². The van der Waals surface area contributed by atoms with Crippen LogP contribution in [0.25, 0.3) is 0 Å². The Balaban J connectivity index is 0.000000794. The van der Waals surface area contributed by atoms with Crippen molar-refractivity contribution in [3.05, 3.63) is 131 Å². The van der Waals surface area contributed by atoms with Crippen LogP contribution < -0.4 is 0 Å². The van der Waals surface area contributed by atoms with Crippen LogP contribution in [0, 0.1) is 0 Å². The molecule has 298 valence electrons. The Morgan fingerprint density at radius 2 is 0.966 bits per heavy atom. The highest BCUT2D eigenvalue weighted by Gasteiger charge is 2.75. The summed E-state index contributed by atoms with van der Waals surface area (Å²) in [4.78, 5) is 78.5. The van der Waals surface area contributed by atoms with Crippen LogP contribution in [0.1, 0.15) is 48.9 Å². The molecule has 2 fully saturated rings. The third-order valence-corrected chi connectivity index (χ3v) is 10.8. The molecule has 0 bridgehead atoms. The summed E-state index contributed by atoms with van der Waals surface area (Å²) in [6, 6.07) is 30.9. The Labute approximate surface area is 335 Å². The number of rotatable bonds is 8. The van der Waals surface area contributed by atoms with E-state index in [-0.39, 0.29) is 43.7 Å². The number of hydrogen-bond acceptors (Lipinski definition) is 12. The van der Waals surface area contributed by atoms with E-state index in [2.05, 4.69) is 4.74 Å². The first-order valence-corrected chi connectivity index (χ1v) is 18.8. The van der Waals surface area contributed by atoms with Crippen molar-refractivity contribution < 1.29 is 47.7 Å². The molecule has 0 saturated carbocycles. The number of esters is 3. The summed E-state index contributed by atoms with van der Waals surface area (Å²) >= 11 is 0. The zero-order valence-electron chi connectivity index (χ0n) is 32.5. The highest BCUT2D eigenvalue weighted by atomic mass is 16.6. The van der Waals surface area contributed by atoms with E-state index in [0.717, 1.165) is 11.1 Å². The number of aliphatic imine (C=N–C) groups is 2. The number of benzene rings is 4. The molecule has 14 heteroatoms. The SMILES string of the molecule is CCOC(C)=O.COC(=O)[C@@H]1C[C@@]2([C@]34C[C@@H](C(=O)OC)N(C(=O)OCc5ccccc5)C3=Nc3ccccc34)C(=Nc3ccccc32)N1C(=O)OCc1ccccc1. The smallest absolute Gasteiger partial charge is 0.416 e. The normalized spacial score (nSPS) is 21.8. The van der Waals surface area contributed by atoms with Crippen molar-refractivity contribution >= 4 is 53.1 Å². The fourth-order valence-electron chi connectivity index (χ4n) is 8.55. The molecule has 4 aliphatic rings. The number of amidine groups is 2. The quantitative estimate of drug-likeness (QED) is 0.139. The molecule has 58 heavy (non-hydrogen) atoms. The molecule has 4 atom stereocenters. The van der Waals surface area contributed by atoms with Gasteiger partial charge in [0.05, 0.1) is 43.0 Å². The predicted octanol–water partition coefficient (Wildman–Crippen LogP) is 6.69. The molecule has 0 N–H and O–H groups in total. The topological polar surface area (TPSA) is 163 Å². The number of amides is 2. The number of fused-ring (bicyclic) bond motifs is 7. The van der Waals surface area contributed by atoms with Gasteiger partial charge in [0.15, 0.2) is 0 Å². The highest BCUT2D eigenvalue weighted by Crippen LogP contribution is 2.66. The number of para-hydroxylation sites is 2. The van der Waals surface area contributed by atoms with E-state index in [9.17, 15) is 24.0 Å². The molecule has 4 aromatic carbocycles. The minimum absolute atomic E-state index is 0.00981. The first kappa shape index (κ1) is 39.4. The standard InChI is InChI=1S/C40H34N4O8.C4H8O2/c1-49-33(45)31-21-39(27-17-9-11-19-29(27)41-35(39)43(31)37(47)51-23-25-13-5-3-6-14-25)40-22-32(34(46)50-2)44(36(40)42-30-20-12-10-18-28(30)40)38(48)52-24-26-15-7-4-8-16-26;1-3-6-4(2)5/h3-20,31-32H,21-24H2,1-2H3;3H2,1-2H3/t31-,32-,39-,40-;/m0./s1. The number of nitrogens with zero attached hydrogens (tertiary/aromatic N) is 4. The van der Waals surface area contributed by atoms with Gasteiger partial charge in [-0.2, -0.15) is 0 Å². The molecule has 0 unspecified atom stereocenters. The van der Waals surface area contributed by atoms with Gasteiger partial charge >= 0.3 is 30.1 Å². The number of hydrogen-bond donors (Lipinski definition) is 0. The molecule has 4 aliphatic heterocycles. The summed E-state index contributed by atoms with van der Waals surface area (Å²) in [5.41, 5.74) is 1.41. The summed E-state index contributed by atoms with van der Waals surface area (Å²) in [5.74, 6) is -1.09. The molecule has 2 saturated heterocycles. The number of methoxy groups -OCH3 is 2. The van der Waals surface area contributed by atoms with Gasteiger partial charge in [0.25, 0.3) is 0 Å². The van der Waals surface area contributed by atoms with E-state index in [4.69, 9.17) is 28.9 Å². The lowest BCUT2D eigenvalue weighted by atomic mass is 9.55. The molecular formula is C44H42N4O10. The maximum absolute atomic E-state index is 14.3. The molecular weight excluding hydrogens is 745 g/mol. The Morgan fingerprint density at radius 1 is 0.586 bits per heavy atom. The third-order valence-electron chi connectivity index (χ3n) is 10.8. The average molecular weight is 787 g/mol. The van der Waals surface area contributed by atoms with E-state index < -0.39 is 47.0 Å². The first-order chi connectivity index (χ1) is 28.1. The molecule has 4 aromatic rings. The molecule has 2 amide bonds. The maximum atomic E-state index is 14.3. The van der Waals surface area contributed by atoms with Gasteiger partial charge in [-0.05, 0) is 54.2 Å². The summed E-state index contributed by atoms with van der Waals surface area (Å²) in [6.07, 6.45) is -1.61. The Morgan fingerprint density at radius 3 is 1.31 bits per heavy atom. The van der Waals surface area contributed by atoms with Gasteiger partial charge in [0.1, 0.15) is 37.0 Å². The minimum atomic E-state index is -1.32. The van der Waals surface area contributed by atoms with Crippen molar-refractivity contribution in [2.24, 2.45) is 9.98 Å². The monoisotopic (exact) mass is 786 g/mol. The van der Waals surface area contributed by atoms with Crippen LogP contribution in [0.3, 0.4) is 0 Å². The second-order valence-corrected chi connectivity index (χ2v) is 13.9. The van der Waals surface area contributed by atoms with E-state index in [0.29, 0.717) is 29.1 Å². The van der Waals surface area contributed by atoms with Gasteiger partial charge in [0.2, 0.25) is 0 Å². The van der Waals surface area contributed by atoms with Gasteiger partial charge in [-0.25, -0.2) is 39.0 Å². The van der Waals surface area contributed by atoms with Crippen molar-refractivity contribution in [3.8, 4) is 0 Å². The molecule has 4 heterocycles. The fraction of sp³-hybridized carbons (Fsp3) is 0.295. The van der Waals surface area contributed by atoms with Crippen molar-refractivity contribution in [3.63, 3.8) is 0 Å². The lowest BCUT2D eigenvalue weighted by Gasteiger charge is -2.43. The van der Waals surface area contributed by atoms with Crippen LogP contribution in [-0.2, 0) is 62.1 Å². The second kappa shape index (κ2) is 16.3. The van der Waals surface area contributed by atoms with Crippen LogP contribution in [0.5, 0.6) is 0 Å². The van der Waals surface area contributed by atoms with Crippen LogP contribution >= 0.6 is 0 Å². The zero-order valence-corrected chi connectivity index (χ0v) is 32.5. The zero-order chi connectivity index (χ0) is 41.0. The van der Waals surface area contributed by atoms with Gasteiger partial charge in [-0.3, -0.25) is 4.79 Å². The maximum Gasteiger partial charge on any atom is 0.416 e. The van der Waals surface area contributed by atoms with Crippen molar-refractivity contribution in [2.75, 3.05) is 20.8 Å². The van der Waals surface area contributed by atoms with Crippen molar-refractivity contribution in [1.29, 1.82) is 0 Å². The Bertz CT molecular complexity index is 2140. The molecule has 8 rings (SSSR count). The number of ether oxygens (including phenoxy) is 5. The molecule has 0 radical (unpaired) electrons. The van der Waals surface area contributed by atoms with Crippen LogP contribution in [0.2, 0.25) is 0 Å². The van der Waals surface area contributed by atoms with Gasteiger partial charge in [-0.1, -0.05) is 97.1 Å². The largest absolute Gasteiger partial charge is 0.467 e. The minimum Gasteiger partial charge on any atom is -0.467 e. The summed E-state index contributed by atoms with van der Waals surface area (Å²) < 4.78 is 26.7. The van der Waals surface area contributed by atoms with Gasteiger partial charge < -0.3 is 23.7 Å². The van der Waals surface area contributed by atoms with Crippen molar-refractivity contribution in [2.45, 2.75) is 62.8 Å². The van der Waals surface area contributed by atoms with Gasteiger partial charge in [0, 0.05) is 6.92 Å².